The van der Waals surface area contributed by atoms with Gasteiger partial charge in [-0.2, -0.15) is 0 Å². The van der Waals surface area contributed by atoms with Gasteiger partial charge in [-0.25, -0.2) is 4.98 Å². The van der Waals surface area contributed by atoms with Crippen molar-refractivity contribution in [3.63, 3.8) is 0 Å². The average molecular weight is 338 g/mol. The van der Waals surface area contributed by atoms with Crippen LogP contribution in [0, 0.1) is 19.3 Å². The number of hydrogen-bond acceptors (Lipinski definition) is 5. The van der Waals surface area contributed by atoms with Gasteiger partial charge in [0.15, 0.2) is 0 Å². The molecule has 126 valence electrons. The number of carboxylic acids is 1. The number of thiophene rings is 1. The predicted octanol–water partition coefficient (Wildman–Crippen LogP) is 2.37. The summed E-state index contributed by atoms with van der Waals surface area (Å²) < 4.78 is 6.59. The second-order valence-corrected chi connectivity index (χ2v) is 7.52. The number of rotatable bonds is 6. The zero-order valence-electron chi connectivity index (χ0n) is 14.1. The van der Waals surface area contributed by atoms with E-state index in [4.69, 9.17) is 4.74 Å². The van der Waals surface area contributed by atoms with Crippen LogP contribution in [0.3, 0.4) is 0 Å². The predicted molar refractivity (Wildman–Crippen MR) is 90.4 cm³/mol. The molecule has 0 atom stereocenters. The van der Waals surface area contributed by atoms with Gasteiger partial charge < -0.3 is 9.84 Å². The molecule has 7 heteroatoms. The van der Waals surface area contributed by atoms with Gasteiger partial charge >= 0.3 is 5.97 Å². The van der Waals surface area contributed by atoms with Gasteiger partial charge in [0.1, 0.15) is 10.7 Å². The Morgan fingerprint density at radius 1 is 1.39 bits per heavy atom. The van der Waals surface area contributed by atoms with Gasteiger partial charge in [-0.3, -0.25) is 14.2 Å². The van der Waals surface area contributed by atoms with Crippen LogP contribution in [0.2, 0.25) is 0 Å². The highest BCUT2D eigenvalue weighted by atomic mass is 32.1. The minimum Gasteiger partial charge on any atom is -0.481 e. The van der Waals surface area contributed by atoms with Crippen LogP contribution in [0.4, 0.5) is 0 Å². The van der Waals surface area contributed by atoms with Crippen molar-refractivity contribution in [1.29, 1.82) is 0 Å². The largest absolute Gasteiger partial charge is 0.481 e. The minimum atomic E-state index is -1.06. The summed E-state index contributed by atoms with van der Waals surface area (Å²) in [5.41, 5.74) is -0.306. The van der Waals surface area contributed by atoms with Crippen molar-refractivity contribution in [2.45, 2.75) is 40.7 Å². The Morgan fingerprint density at radius 3 is 2.61 bits per heavy atom. The molecule has 0 spiro atoms. The van der Waals surface area contributed by atoms with E-state index in [1.807, 2.05) is 13.8 Å². The molecule has 0 aromatic carbocycles. The number of aryl methyl sites for hydroxylation is 2. The first-order chi connectivity index (χ1) is 10.7. The van der Waals surface area contributed by atoms with Crippen LogP contribution in [0.5, 0.6) is 0 Å². The van der Waals surface area contributed by atoms with E-state index in [0.29, 0.717) is 29.1 Å². The van der Waals surface area contributed by atoms with Crippen LogP contribution in [0.15, 0.2) is 4.79 Å². The second-order valence-electron chi connectivity index (χ2n) is 6.31. The fourth-order valence-corrected chi connectivity index (χ4v) is 3.42. The normalized spacial score (nSPS) is 12.0. The first-order valence-corrected chi connectivity index (χ1v) is 8.22. The Balaban J connectivity index is 2.67. The number of carboxylic acid groups (broad SMARTS) is 1. The lowest BCUT2D eigenvalue weighted by molar-refractivity contribution is -0.147. The number of carbonyl (C=O) groups is 1. The highest BCUT2D eigenvalue weighted by Crippen LogP contribution is 2.27. The van der Waals surface area contributed by atoms with Crippen LogP contribution in [0.1, 0.15) is 30.1 Å². The van der Waals surface area contributed by atoms with E-state index in [1.54, 1.807) is 21.0 Å². The van der Waals surface area contributed by atoms with Gasteiger partial charge in [-0.05, 0) is 33.3 Å². The first kappa shape index (κ1) is 17.6. The van der Waals surface area contributed by atoms with Crippen molar-refractivity contribution in [2.75, 3.05) is 13.7 Å². The molecule has 6 nitrogen and oxygen atoms in total. The van der Waals surface area contributed by atoms with Crippen LogP contribution < -0.4 is 5.56 Å². The van der Waals surface area contributed by atoms with Crippen molar-refractivity contribution in [1.82, 2.24) is 9.55 Å². The van der Waals surface area contributed by atoms with Crippen LogP contribution in [-0.2, 0) is 22.5 Å². The molecule has 2 aromatic heterocycles. The van der Waals surface area contributed by atoms with E-state index < -0.39 is 11.4 Å². The van der Waals surface area contributed by atoms with Crippen molar-refractivity contribution in [3.8, 4) is 0 Å². The summed E-state index contributed by atoms with van der Waals surface area (Å²) in [7, 11) is 1.58. The molecule has 2 heterocycles. The lowest BCUT2D eigenvalue weighted by Gasteiger charge is -2.22. The molecule has 0 amide bonds. The zero-order valence-corrected chi connectivity index (χ0v) is 14.9. The number of aliphatic carboxylic acids is 1. The summed E-state index contributed by atoms with van der Waals surface area (Å²) in [6.45, 7) is 7.59. The molecule has 0 aliphatic carbocycles. The van der Waals surface area contributed by atoms with Crippen LogP contribution >= 0.6 is 11.3 Å². The number of fused-ring (bicyclic) bond motifs is 1. The number of hydrogen-bond donors (Lipinski definition) is 1. The Morgan fingerprint density at radius 2 is 2.04 bits per heavy atom. The SMILES string of the molecule is COCCc1nc2sc(C)c(C)c2c(=O)n1CC(C)(C)C(=O)O. The first-order valence-electron chi connectivity index (χ1n) is 7.40. The summed E-state index contributed by atoms with van der Waals surface area (Å²) in [5.74, 6) is -0.375. The molecule has 23 heavy (non-hydrogen) atoms. The van der Waals surface area contributed by atoms with E-state index >= 15 is 0 Å². The number of nitrogens with zero attached hydrogens (tertiary/aromatic N) is 2. The van der Waals surface area contributed by atoms with Crippen LogP contribution in [-0.4, -0.2) is 34.3 Å². The van der Waals surface area contributed by atoms with Crippen molar-refractivity contribution < 1.29 is 14.6 Å². The quantitative estimate of drug-likeness (QED) is 0.874. The maximum absolute atomic E-state index is 12.9. The van der Waals surface area contributed by atoms with E-state index in [1.165, 1.54) is 15.9 Å². The van der Waals surface area contributed by atoms with Gasteiger partial charge in [0, 0.05) is 25.0 Å². The van der Waals surface area contributed by atoms with Gasteiger partial charge in [-0.1, -0.05) is 0 Å². The van der Waals surface area contributed by atoms with E-state index in [0.717, 1.165) is 10.4 Å². The molecule has 0 saturated carbocycles. The smallest absolute Gasteiger partial charge is 0.310 e. The monoisotopic (exact) mass is 338 g/mol. The Hall–Kier alpha value is -1.73. The molecule has 0 saturated heterocycles. The summed E-state index contributed by atoms with van der Waals surface area (Å²) in [4.78, 5) is 30.8. The van der Waals surface area contributed by atoms with Gasteiger partial charge in [-0.15, -0.1) is 11.3 Å². The average Bonchev–Trinajstić information content (AvgIpc) is 2.75. The molecule has 0 bridgehead atoms. The second kappa shape index (κ2) is 6.41. The molecule has 2 rings (SSSR count). The third-order valence-corrected chi connectivity index (χ3v) is 5.13. The molecule has 0 unspecified atom stereocenters. The zero-order chi connectivity index (χ0) is 17.4. The molecule has 1 N–H and O–H groups in total. The third-order valence-electron chi connectivity index (χ3n) is 4.03. The lowest BCUT2D eigenvalue weighted by atomic mass is 9.93. The van der Waals surface area contributed by atoms with Gasteiger partial charge in [0.05, 0.1) is 17.4 Å². The Bertz CT molecular complexity index is 804. The summed E-state index contributed by atoms with van der Waals surface area (Å²) >= 11 is 1.49. The molecule has 0 fully saturated rings. The maximum Gasteiger partial charge on any atom is 0.310 e. The highest BCUT2D eigenvalue weighted by molar-refractivity contribution is 7.18. The topological polar surface area (TPSA) is 81.4 Å². The fraction of sp³-hybridized carbons (Fsp3) is 0.562. The summed E-state index contributed by atoms with van der Waals surface area (Å²) in [6.07, 6.45) is 0.466. The molecule has 0 aliphatic rings. The van der Waals surface area contributed by atoms with Crippen molar-refractivity contribution in [2.24, 2.45) is 5.41 Å². The van der Waals surface area contributed by atoms with Crippen molar-refractivity contribution >= 4 is 27.5 Å². The molecular weight excluding hydrogens is 316 g/mol. The van der Waals surface area contributed by atoms with Crippen LogP contribution in [0.25, 0.3) is 10.2 Å². The highest BCUT2D eigenvalue weighted by Gasteiger charge is 2.30. The number of ether oxygens (including phenoxy) is 1. The van der Waals surface area contributed by atoms with Gasteiger partial charge in [0.25, 0.3) is 5.56 Å². The number of aromatic nitrogens is 2. The number of methoxy groups -OCH3 is 1. The van der Waals surface area contributed by atoms with Crippen molar-refractivity contribution in [3.05, 3.63) is 26.6 Å². The molecule has 0 aliphatic heterocycles. The maximum atomic E-state index is 12.9. The van der Waals surface area contributed by atoms with E-state index in [9.17, 15) is 14.7 Å². The molecule has 2 aromatic rings. The molecular formula is C16H22N2O4S. The summed E-state index contributed by atoms with van der Waals surface area (Å²) in [5, 5.41) is 9.97. The van der Waals surface area contributed by atoms with E-state index in [2.05, 4.69) is 4.98 Å². The lowest BCUT2D eigenvalue weighted by Crippen LogP contribution is -2.36. The standard InChI is InChI=1S/C16H22N2O4S/c1-9-10(2)23-13-12(9)14(19)18(8-16(3,4)15(20)21)11(17-13)6-7-22-5/h6-8H2,1-5H3,(H,20,21). The van der Waals surface area contributed by atoms with E-state index in [-0.39, 0.29) is 12.1 Å². The fourth-order valence-electron chi connectivity index (χ4n) is 2.38. The van der Waals surface area contributed by atoms with Gasteiger partial charge in [0.2, 0.25) is 0 Å². The third kappa shape index (κ3) is 3.30. The molecule has 0 radical (unpaired) electrons. The Labute approximate surface area is 138 Å². The minimum absolute atomic E-state index is 0.0808. The summed E-state index contributed by atoms with van der Waals surface area (Å²) in [6, 6.07) is 0. The Kier molecular flexibility index (Phi) is 4.91.